The number of aromatic nitrogens is 3. The van der Waals surface area contributed by atoms with Gasteiger partial charge < -0.3 is 4.98 Å². The number of nitriles is 1. The molecule has 18 heavy (non-hydrogen) atoms. The highest BCUT2D eigenvalue weighted by Crippen LogP contribution is 2.26. The molecule has 5 heteroatoms. The van der Waals surface area contributed by atoms with Gasteiger partial charge in [0, 0.05) is 18.0 Å². The molecule has 0 fully saturated rings. The molecule has 2 aromatic heterocycles. The maximum absolute atomic E-state index is 8.85. The fourth-order valence-electron chi connectivity index (χ4n) is 1.77. The van der Waals surface area contributed by atoms with E-state index in [-0.39, 0.29) is 0 Å². The first-order valence-electron chi connectivity index (χ1n) is 5.27. The summed E-state index contributed by atoms with van der Waals surface area (Å²) in [5, 5.41) is 9.39. The molecule has 3 rings (SSSR count). The number of nitrogens with zero attached hydrogens (tertiary/aromatic N) is 3. The van der Waals surface area contributed by atoms with Crippen LogP contribution in [0.15, 0.2) is 36.7 Å². The predicted molar refractivity (Wildman–Crippen MR) is 69.0 cm³/mol. The number of hydrogen-bond donors (Lipinski definition) is 1. The molecule has 2 heterocycles. The largest absolute Gasteiger partial charge is 0.338 e. The lowest BCUT2D eigenvalue weighted by molar-refractivity contribution is 1.28. The lowest BCUT2D eigenvalue weighted by atomic mass is 10.2. The summed E-state index contributed by atoms with van der Waals surface area (Å²) in [6.45, 7) is 0. The molecule has 4 nitrogen and oxygen atoms in total. The molecule has 0 aliphatic heterocycles. The molecular formula is C13H7ClN4. The molecule has 0 aliphatic carbocycles. The smallest absolute Gasteiger partial charge is 0.140 e. The number of benzene rings is 1. The van der Waals surface area contributed by atoms with Gasteiger partial charge in [0.1, 0.15) is 5.82 Å². The van der Waals surface area contributed by atoms with Gasteiger partial charge in [-0.15, -0.1) is 0 Å². The van der Waals surface area contributed by atoms with Crippen LogP contribution < -0.4 is 0 Å². The maximum Gasteiger partial charge on any atom is 0.140 e. The van der Waals surface area contributed by atoms with Crippen LogP contribution in [0.25, 0.3) is 22.4 Å². The molecule has 0 amide bonds. The predicted octanol–water partition coefficient (Wildman–Crippen LogP) is 3.15. The van der Waals surface area contributed by atoms with Crippen LogP contribution in [0.5, 0.6) is 0 Å². The molecule has 1 aromatic carbocycles. The Morgan fingerprint density at radius 2 is 2.17 bits per heavy atom. The third-order valence-electron chi connectivity index (χ3n) is 2.64. The Balaban J connectivity index is 2.20. The average Bonchev–Trinajstić information content (AvgIpc) is 2.81. The van der Waals surface area contributed by atoms with Gasteiger partial charge in [0.25, 0.3) is 0 Å². The van der Waals surface area contributed by atoms with Crippen LogP contribution in [-0.2, 0) is 0 Å². The summed E-state index contributed by atoms with van der Waals surface area (Å²) in [6, 6.07) is 9.20. The monoisotopic (exact) mass is 254 g/mol. The van der Waals surface area contributed by atoms with Crippen LogP contribution >= 0.6 is 11.6 Å². The Kier molecular flexibility index (Phi) is 2.47. The van der Waals surface area contributed by atoms with Gasteiger partial charge in [-0.3, -0.25) is 4.98 Å². The summed E-state index contributed by atoms with van der Waals surface area (Å²) < 4.78 is 0. The van der Waals surface area contributed by atoms with Gasteiger partial charge in [-0.05, 0) is 24.3 Å². The van der Waals surface area contributed by atoms with Crippen molar-refractivity contribution < 1.29 is 0 Å². The van der Waals surface area contributed by atoms with Crippen LogP contribution in [-0.4, -0.2) is 15.0 Å². The van der Waals surface area contributed by atoms with Crippen molar-refractivity contribution in [1.82, 2.24) is 15.0 Å². The van der Waals surface area contributed by atoms with Crippen molar-refractivity contribution in [3.05, 3.63) is 47.2 Å². The zero-order chi connectivity index (χ0) is 12.5. The molecule has 0 atom stereocenters. The van der Waals surface area contributed by atoms with Crippen LogP contribution in [0.4, 0.5) is 0 Å². The van der Waals surface area contributed by atoms with Crippen molar-refractivity contribution in [2.24, 2.45) is 0 Å². The highest BCUT2D eigenvalue weighted by atomic mass is 35.5. The van der Waals surface area contributed by atoms with E-state index in [9.17, 15) is 0 Å². The second-order valence-electron chi connectivity index (χ2n) is 3.78. The Morgan fingerprint density at radius 1 is 1.28 bits per heavy atom. The van der Waals surface area contributed by atoms with E-state index in [1.54, 1.807) is 30.6 Å². The Hall–Kier alpha value is -2.38. The van der Waals surface area contributed by atoms with Gasteiger partial charge in [-0.25, -0.2) is 4.98 Å². The number of nitrogens with one attached hydrogen (secondary N) is 1. The molecule has 0 bridgehead atoms. The van der Waals surface area contributed by atoms with Crippen LogP contribution in [0, 0.1) is 11.3 Å². The van der Waals surface area contributed by atoms with E-state index < -0.39 is 0 Å². The fraction of sp³-hybridized carbons (Fsp3) is 0. The fourth-order valence-corrected chi connectivity index (χ4v) is 1.98. The first-order valence-corrected chi connectivity index (χ1v) is 5.65. The Labute approximate surface area is 108 Å². The summed E-state index contributed by atoms with van der Waals surface area (Å²) in [4.78, 5) is 11.5. The Bertz CT molecular complexity index is 770. The molecule has 1 N–H and O–H groups in total. The number of fused-ring (bicyclic) bond motifs is 1. The molecule has 0 saturated carbocycles. The Morgan fingerprint density at radius 3 is 2.94 bits per heavy atom. The van der Waals surface area contributed by atoms with Crippen LogP contribution in [0.1, 0.15) is 5.56 Å². The first-order chi connectivity index (χ1) is 8.78. The number of aromatic amines is 1. The molecule has 0 aliphatic rings. The van der Waals surface area contributed by atoms with Crippen molar-refractivity contribution in [2.75, 3.05) is 0 Å². The third kappa shape index (κ3) is 1.71. The van der Waals surface area contributed by atoms with Gasteiger partial charge in [-0.2, -0.15) is 5.26 Å². The van der Waals surface area contributed by atoms with Gasteiger partial charge in [0.05, 0.1) is 27.7 Å². The lowest BCUT2D eigenvalue weighted by Gasteiger charge is -1.97. The van der Waals surface area contributed by atoms with E-state index in [4.69, 9.17) is 16.9 Å². The third-order valence-corrected chi connectivity index (χ3v) is 2.94. The highest BCUT2D eigenvalue weighted by Gasteiger charge is 2.08. The highest BCUT2D eigenvalue weighted by molar-refractivity contribution is 6.33. The standard InChI is InChI=1S/C13H7ClN4/c14-10-7-16-4-3-9(10)13-17-11-2-1-8(6-15)5-12(11)18-13/h1-5,7H,(H,17,18). The zero-order valence-electron chi connectivity index (χ0n) is 9.18. The summed E-state index contributed by atoms with van der Waals surface area (Å²) in [5.41, 5.74) is 3.01. The second-order valence-corrected chi connectivity index (χ2v) is 4.19. The molecule has 0 saturated heterocycles. The van der Waals surface area contributed by atoms with Gasteiger partial charge in [-0.1, -0.05) is 11.6 Å². The number of hydrogen-bond acceptors (Lipinski definition) is 3. The minimum absolute atomic E-state index is 0.539. The topological polar surface area (TPSA) is 65.4 Å². The summed E-state index contributed by atoms with van der Waals surface area (Å²) in [5.74, 6) is 0.674. The number of H-pyrrole nitrogens is 1. The van der Waals surface area contributed by atoms with E-state index in [0.717, 1.165) is 16.6 Å². The van der Waals surface area contributed by atoms with Crippen molar-refractivity contribution in [3.63, 3.8) is 0 Å². The van der Waals surface area contributed by atoms with Gasteiger partial charge >= 0.3 is 0 Å². The molecular weight excluding hydrogens is 248 g/mol. The lowest BCUT2D eigenvalue weighted by Crippen LogP contribution is -1.82. The van der Waals surface area contributed by atoms with Crippen LogP contribution in [0.2, 0.25) is 5.02 Å². The van der Waals surface area contributed by atoms with Crippen molar-refractivity contribution >= 4 is 22.6 Å². The number of imidazole rings is 1. The average molecular weight is 255 g/mol. The van der Waals surface area contributed by atoms with Gasteiger partial charge in [0.15, 0.2) is 0 Å². The number of halogens is 1. The molecule has 0 unspecified atom stereocenters. The minimum Gasteiger partial charge on any atom is -0.338 e. The van der Waals surface area contributed by atoms with E-state index in [1.807, 2.05) is 6.07 Å². The molecule has 0 radical (unpaired) electrons. The summed E-state index contributed by atoms with van der Waals surface area (Å²) >= 11 is 6.07. The summed E-state index contributed by atoms with van der Waals surface area (Å²) in [6.07, 6.45) is 3.24. The first kappa shape index (κ1) is 10.8. The van der Waals surface area contributed by atoms with Crippen LogP contribution in [0.3, 0.4) is 0 Å². The molecule has 3 aromatic rings. The normalized spacial score (nSPS) is 10.4. The SMILES string of the molecule is N#Cc1ccc2nc(-c3ccncc3Cl)[nH]c2c1. The molecule has 86 valence electrons. The number of rotatable bonds is 1. The van der Waals surface area contributed by atoms with E-state index >= 15 is 0 Å². The van der Waals surface area contributed by atoms with E-state index in [1.165, 1.54) is 0 Å². The maximum atomic E-state index is 8.85. The van der Waals surface area contributed by atoms with Crippen molar-refractivity contribution in [1.29, 1.82) is 5.26 Å². The van der Waals surface area contributed by atoms with Gasteiger partial charge in [0.2, 0.25) is 0 Å². The zero-order valence-corrected chi connectivity index (χ0v) is 9.94. The second kappa shape index (κ2) is 4.13. The number of pyridine rings is 1. The minimum atomic E-state index is 0.539. The van der Waals surface area contributed by atoms with Crippen molar-refractivity contribution in [3.8, 4) is 17.5 Å². The molecule has 0 spiro atoms. The van der Waals surface area contributed by atoms with Crippen molar-refractivity contribution in [2.45, 2.75) is 0 Å². The summed E-state index contributed by atoms with van der Waals surface area (Å²) in [7, 11) is 0. The van der Waals surface area contributed by atoms with E-state index in [2.05, 4.69) is 21.0 Å². The van der Waals surface area contributed by atoms with E-state index in [0.29, 0.717) is 16.4 Å². The quantitative estimate of drug-likeness (QED) is 0.725.